The number of nitriles is 1. The SMILES string of the molecule is CC(C)(C)Nc1c(C(=O)c2ccc(C#N)cc2)c(O)cc2ccccc12. The average Bonchev–Trinajstić information content (AvgIpc) is 2.60. The van der Waals surface area contributed by atoms with Crippen LogP contribution in [0.2, 0.25) is 0 Å². The van der Waals surface area contributed by atoms with Crippen LogP contribution in [0.4, 0.5) is 5.69 Å². The molecule has 0 aromatic heterocycles. The number of benzene rings is 3. The van der Waals surface area contributed by atoms with Crippen molar-refractivity contribution in [2.24, 2.45) is 0 Å². The van der Waals surface area contributed by atoms with Gasteiger partial charge in [0.2, 0.25) is 0 Å². The van der Waals surface area contributed by atoms with Crippen molar-refractivity contribution in [3.8, 4) is 11.8 Å². The van der Waals surface area contributed by atoms with Crippen molar-refractivity contribution in [1.82, 2.24) is 0 Å². The molecule has 4 nitrogen and oxygen atoms in total. The van der Waals surface area contributed by atoms with Gasteiger partial charge >= 0.3 is 0 Å². The Labute approximate surface area is 152 Å². The molecule has 0 amide bonds. The van der Waals surface area contributed by atoms with Gasteiger partial charge in [0.1, 0.15) is 5.75 Å². The number of hydrogen-bond donors (Lipinski definition) is 2. The third-order valence-corrected chi connectivity index (χ3v) is 4.03. The number of nitrogens with zero attached hydrogens (tertiary/aromatic N) is 1. The molecule has 0 unspecified atom stereocenters. The molecule has 3 aromatic carbocycles. The van der Waals surface area contributed by atoms with Gasteiger partial charge < -0.3 is 10.4 Å². The van der Waals surface area contributed by atoms with E-state index in [9.17, 15) is 9.90 Å². The van der Waals surface area contributed by atoms with Crippen LogP contribution >= 0.6 is 0 Å². The zero-order valence-corrected chi connectivity index (χ0v) is 15.0. The van der Waals surface area contributed by atoms with Gasteiger partial charge in [-0.25, -0.2) is 0 Å². The largest absolute Gasteiger partial charge is 0.507 e. The second kappa shape index (κ2) is 6.53. The number of hydrogen-bond acceptors (Lipinski definition) is 4. The fourth-order valence-electron chi connectivity index (χ4n) is 2.91. The number of anilines is 1. The summed E-state index contributed by atoms with van der Waals surface area (Å²) < 4.78 is 0. The first-order valence-electron chi connectivity index (χ1n) is 8.38. The summed E-state index contributed by atoms with van der Waals surface area (Å²) in [7, 11) is 0. The lowest BCUT2D eigenvalue weighted by Crippen LogP contribution is -2.27. The van der Waals surface area contributed by atoms with Crippen molar-refractivity contribution < 1.29 is 9.90 Å². The molecule has 0 saturated heterocycles. The summed E-state index contributed by atoms with van der Waals surface area (Å²) in [6.07, 6.45) is 0. The normalized spacial score (nSPS) is 11.2. The van der Waals surface area contributed by atoms with E-state index >= 15 is 0 Å². The van der Waals surface area contributed by atoms with Gasteiger partial charge in [0.05, 0.1) is 22.9 Å². The maximum atomic E-state index is 13.1. The molecule has 130 valence electrons. The van der Waals surface area contributed by atoms with Gasteiger partial charge in [-0.05, 0) is 56.5 Å². The number of ketones is 1. The van der Waals surface area contributed by atoms with E-state index < -0.39 is 0 Å². The third-order valence-electron chi connectivity index (χ3n) is 4.03. The Morgan fingerprint density at radius 1 is 1.08 bits per heavy atom. The van der Waals surface area contributed by atoms with Crippen molar-refractivity contribution >= 4 is 22.2 Å². The molecule has 0 bridgehead atoms. The van der Waals surface area contributed by atoms with Crippen LogP contribution in [0.3, 0.4) is 0 Å². The summed E-state index contributed by atoms with van der Waals surface area (Å²) in [5.41, 5.74) is 1.46. The fourth-order valence-corrected chi connectivity index (χ4v) is 2.91. The third kappa shape index (κ3) is 3.38. The number of fused-ring (bicyclic) bond motifs is 1. The fraction of sp³-hybridized carbons (Fsp3) is 0.182. The van der Waals surface area contributed by atoms with Crippen LogP contribution in [0.25, 0.3) is 10.8 Å². The van der Waals surface area contributed by atoms with Crippen LogP contribution in [-0.2, 0) is 0 Å². The van der Waals surface area contributed by atoms with E-state index in [2.05, 4.69) is 5.32 Å². The first-order chi connectivity index (χ1) is 12.3. The molecule has 0 radical (unpaired) electrons. The highest BCUT2D eigenvalue weighted by atomic mass is 16.3. The van der Waals surface area contributed by atoms with Crippen LogP contribution in [0.1, 0.15) is 42.3 Å². The molecule has 0 aliphatic carbocycles. The second-order valence-corrected chi connectivity index (χ2v) is 7.26. The molecule has 0 atom stereocenters. The predicted octanol–water partition coefficient (Wildman–Crippen LogP) is 4.86. The summed E-state index contributed by atoms with van der Waals surface area (Å²) in [6.45, 7) is 6.01. The monoisotopic (exact) mass is 344 g/mol. The van der Waals surface area contributed by atoms with E-state index in [1.807, 2.05) is 51.1 Å². The van der Waals surface area contributed by atoms with E-state index in [0.717, 1.165) is 10.8 Å². The minimum absolute atomic E-state index is 0.0650. The zero-order valence-electron chi connectivity index (χ0n) is 15.0. The van der Waals surface area contributed by atoms with Crippen LogP contribution < -0.4 is 5.32 Å². The highest BCUT2D eigenvalue weighted by Crippen LogP contribution is 2.37. The van der Waals surface area contributed by atoms with E-state index in [1.165, 1.54) is 0 Å². The van der Waals surface area contributed by atoms with Crippen molar-refractivity contribution in [3.05, 3.63) is 71.3 Å². The molecule has 0 spiro atoms. The summed E-state index contributed by atoms with van der Waals surface area (Å²) in [6, 6.07) is 17.7. The van der Waals surface area contributed by atoms with Gasteiger partial charge in [0.25, 0.3) is 0 Å². The van der Waals surface area contributed by atoms with Crippen LogP contribution in [0.5, 0.6) is 5.75 Å². The summed E-state index contributed by atoms with van der Waals surface area (Å²) in [5, 5.41) is 24.6. The van der Waals surface area contributed by atoms with Crippen LogP contribution in [0.15, 0.2) is 54.6 Å². The van der Waals surface area contributed by atoms with Gasteiger partial charge in [-0.2, -0.15) is 5.26 Å². The lowest BCUT2D eigenvalue weighted by Gasteiger charge is -2.26. The molecule has 0 saturated carbocycles. The summed E-state index contributed by atoms with van der Waals surface area (Å²) in [5.74, 6) is -0.352. The Morgan fingerprint density at radius 3 is 2.35 bits per heavy atom. The topological polar surface area (TPSA) is 73.1 Å². The van der Waals surface area contributed by atoms with Crippen LogP contribution in [0, 0.1) is 11.3 Å². The van der Waals surface area contributed by atoms with Crippen molar-refractivity contribution in [2.75, 3.05) is 5.32 Å². The minimum Gasteiger partial charge on any atom is -0.507 e. The van der Waals surface area contributed by atoms with E-state index in [4.69, 9.17) is 5.26 Å². The molecule has 3 aromatic rings. The summed E-state index contributed by atoms with van der Waals surface area (Å²) in [4.78, 5) is 13.1. The van der Waals surface area contributed by atoms with Gasteiger partial charge in [-0.1, -0.05) is 24.3 Å². The maximum absolute atomic E-state index is 13.1. The van der Waals surface area contributed by atoms with Crippen molar-refractivity contribution in [2.45, 2.75) is 26.3 Å². The molecule has 0 aliphatic rings. The minimum atomic E-state index is -0.295. The second-order valence-electron chi connectivity index (χ2n) is 7.26. The number of rotatable bonds is 3. The molecule has 3 rings (SSSR count). The number of carbonyl (C=O) groups excluding carboxylic acids is 1. The number of phenolic OH excluding ortho intramolecular Hbond substituents is 1. The first kappa shape index (κ1) is 17.5. The Kier molecular flexibility index (Phi) is 4.40. The lowest BCUT2D eigenvalue weighted by molar-refractivity contribution is 0.103. The van der Waals surface area contributed by atoms with Gasteiger partial charge in [0, 0.05) is 16.5 Å². The Bertz CT molecular complexity index is 1020. The number of phenols is 1. The predicted molar refractivity (Wildman–Crippen MR) is 104 cm³/mol. The van der Waals surface area contributed by atoms with E-state index in [-0.39, 0.29) is 22.6 Å². The summed E-state index contributed by atoms with van der Waals surface area (Å²) >= 11 is 0. The van der Waals surface area contributed by atoms with Crippen LogP contribution in [-0.4, -0.2) is 16.4 Å². The number of carbonyl (C=O) groups is 1. The molecule has 4 heteroatoms. The molecule has 0 fully saturated rings. The van der Waals surface area contributed by atoms with E-state index in [0.29, 0.717) is 16.8 Å². The van der Waals surface area contributed by atoms with Gasteiger partial charge in [0.15, 0.2) is 5.78 Å². The Morgan fingerprint density at radius 2 is 1.73 bits per heavy atom. The Balaban J connectivity index is 2.23. The first-order valence-corrected chi connectivity index (χ1v) is 8.38. The zero-order chi connectivity index (χ0) is 18.9. The maximum Gasteiger partial charge on any atom is 0.198 e. The number of aromatic hydroxyl groups is 1. The molecule has 2 N–H and O–H groups in total. The van der Waals surface area contributed by atoms with E-state index in [1.54, 1.807) is 30.3 Å². The highest BCUT2D eigenvalue weighted by molar-refractivity contribution is 6.18. The van der Waals surface area contributed by atoms with Gasteiger partial charge in [-0.15, -0.1) is 0 Å². The van der Waals surface area contributed by atoms with Gasteiger partial charge in [-0.3, -0.25) is 4.79 Å². The molecule has 26 heavy (non-hydrogen) atoms. The lowest BCUT2D eigenvalue weighted by atomic mass is 9.94. The molecular formula is C22H20N2O2. The number of nitrogens with one attached hydrogen (secondary N) is 1. The smallest absolute Gasteiger partial charge is 0.198 e. The molecule has 0 aliphatic heterocycles. The Hall–Kier alpha value is -3.32. The molecular weight excluding hydrogens is 324 g/mol. The highest BCUT2D eigenvalue weighted by Gasteiger charge is 2.23. The quantitative estimate of drug-likeness (QED) is 0.666. The van der Waals surface area contributed by atoms with Crippen molar-refractivity contribution in [3.63, 3.8) is 0 Å². The standard InChI is InChI=1S/C22H20N2O2/c1-22(2,3)24-20-17-7-5-4-6-16(17)12-18(25)19(20)21(26)15-10-8-14(13-23)9-11-15/h4-12,24-25H,1-3H3. The van der Waals surface area contributed by atoms with Crippen molar-refractivity contribution in [1.29, 1.82) is 5.26 Å². The molecule has 0 heterocycles. The average molecular weight is 344 g/mol.